The lowest BCUT2D eigenvalue weighted by molar-refractivity contribution is 0.0994. The summed E-state index contributed by atoms with van der Waals surface area (Å²) in [6.45, 7) is 8.66. The standard InChI is InChI=1S/C39H40N6O4/c1-5-7-24-42-34-32(38(48)44(40-34)28-18-12-9-13-19-28)26(3)30(36(42)46)22-16-11-17-23-31-27(4)33-35(43(37(31)47)25-8-6-2)41-45(39(33)49)29-20-14-10-15-21-29/h9-23,46H,5-8,24-25H2,1-4H3. The summed E-state index contributed by atoms with van der Waals surface area (Å²) in [5, 5.41) is 22.4. The van der Waals surface area contributed by atoms with Crippen LogP contribution in [-0.2, 0) is 13.1 Å². The first-order valence-corrected chi connectivity index (χ1v) is 16.8. The van der Waals surface area contributed by atoms with Gasteiger partial charge in [0.1, 0.15) is 0 Å². The maximum Gasteiger partial charge on any atom is 0.282 e. The predicted octanol–water partition coefficient (Wildman–Crippen LogP) is 5.47. The molecule has 0 aliphatic carbocycles. The second kappa shape index (κ2) is 14.1. The molecular formula is C39H40N6O4. The molecule has 0 atom stereocenters. The van der Waals surface area contributed by atoms with Gasteiger partial charge >= 0.3 is 0 Å². The first kappa shape index (κ1) is 33.1. The highest BCUT2D eigenvalue weighted by Crippen LogP contribution is 2.34. The molecule has 10 nitrogen and oxygen atoms in total. The Balaban J connectivity index is 1.40. The van der Waals surface area contributed by atoms with E-state index in [0.717, 1.165) is 25.7 Å². The van der Waals surface area contributed by atoms with E-state index >= 15 is 0 Å². The normalized spacial score (nSPS) is 13.3. The number of hydrogen-bond acceptors (Lipinski definition) is 6. The largest absolute Gasteiger partial charge is 0.494 e. The molecule has 6 rings (SSSR count). The summed E-state index contributed by atoms with van der Waals surface area (Å²) in [5.41, 5.74) is 3.80. The van der Waals surface area contributed by atoms with Crippen molar-refractivity contribution in [2.24, 2.45) is 5.10 Å². The quantitative estimate of drug-likeness (QED) is 0.190. The number of unbranched alkanes of at least 4 members (excludes halogenated alkanes) is 2. The highest BCUT2D eigenvalue weighted by molar-refractivity contribution is 6.08. The minimum absolute atomic E-state index is 0.0308. The van der Waals surface area contributed by atoms with E-state index < -0.39 is 0 Å². The van der Waals surface area contributed by atoms with Gasteiger partial charge in [0.2, 0.25) is 0 Å². The first-order valence-electron chi connectivity index (χ1n) is 16.8. The van der Waals surface area contributed by atoms with Crippen LogP contribution < -0.4 is 26.8 Å². The zero-order valence-corrected chi connectivity index (χ0v) is 28.3. The van der Waals surface area contributed by atoms with E-state index in [2.05, 4.69) is 24.0 Å². The third-order valence-electron chi connectivity index (χ3n) is 8.91. The van der Waals surface area contributed by atoms with Crippen molar-refractivity contribution in [2.75, 3.05) is 5.01 Å². The van der Waals surface area contributed by atoms with Crippen LogP contribution in [0.4, 0.5) is 5.69 Å². The molecule has 3 aliphatic rings. The van der Waals surface area contributed by atoms with Crippen LogP contribution in [0.2, 0.25) is 0 Å². The number of aromatic nitrogens is 4. The topological polar surface area (TPSA) is 115 Å². The molecular weight excluding hydrogens is 616 g/mol. The molecule has 1 amide bonds. The molecule has 0 saturated carbocycles. The van der Waals surface area contributed by atoms with Crippen LogP contribution in [0.15, 0.2) is 93.6 Å². The molecule has 3 aliphatic heterocycles. The zero-order chi connectivity index (χ0) is 34.7. The number of amides is 1. The van der Waals surface area contributed by atoms with Crippen molar-refractivity contribution in [3.05, 3.63) is 133 Å². The van der Waals surface area contributed by atoms with Gasteiger partial charge in [-0.2, -0.15) is 9.69 Å². The highest BCUT2D eigenvalue weighted by atomic mass is 16.3. The summed E-state index contributed by atoms with van der Waals surface area (Å²) in [6, 6.07) is 18.4. The molecule has 49 heavy (non-hydrogen) atoms. The van der Waals surface area contributed by atoms with Crippen molar-refractivity contribution in [3.8, 4) is 23.0 Å². The van der Waals surface area contributed by atoms with Gasteiger partial charge in [-0.1, -0.05) is 81.3 Å². The molecule has 0 radical (unpaired) electrons. The van der Waals surface area contributed by atoms with Gasteiger partial charge in [-0.05, 0) is 74.2 Å². The van der Waals surface area contributed by atoms with E-state index in [1.54, 1.807) is 46.4 Å². The molecule has 1 N–H and O–H groups in total. The van der Waals surface area contributed by atoms with Gasteiger partial charge in [-0.15, -0.1) is 10.2 Å². The lowest BCUT2D eigenvalue weighted by Gasteiger charge is -2.17. The minimum Gasteiger partial charge on any atom is -0.494 e. The second-order valence-corrected chi connectivity index (χ2v) is 12.1. The van der Waals surface area contributed by atoms with E-state index in [0.29, 0.717) is 68.8 Å². The average molecular weight is 657 g/mol. The summed E-state index contributed by atoms with van der Waals surface area (Å²) < 4.78 is 4.69. The van der Waals surface area contributed by atoms with Crippen LogP contribution in [0.25, 0.3) is 29.2 Å². The number of carbonyl (C=O) groups is 1. The van der Waals surface area contributed by atoms with E-state index in [-0.39, 0.29) is 22.9 Å². The Morgan fingerprint density at radius 2 is 1.37 bits per heavy atom. The lowest BCUT2D eigenvalue weighted by Crippen LogP contribution is -2.46. The smallest absolute Gasteiger partial charge is 0.282 e. The fraction of sp³-hybridized carbons (Fsp3) is 0.256. The molecule has 2 aromatic carbocycles. The molecule has 0 bridgehead atoms. The van der Waals surface area contributed by atoms with Crippen LogP contribution in [0.3, 0.4) is 0 Å². The number of carbonyl (C=O) groups excluding carboxylic acids is 1. The molecule has 1 aromatic heterocycles. The molecule has 0 spiro atoms. The minimum atomic E-state index is -0.270. The number of hydrogen-bond donors (Lipinski definition) is 1. The van der Waals surface area contributed by atoms with Crippen molar-refractivity contribution in [2.45, 2.75) is 66.5 Å². The number of allylic oxidation sites excluding steroid dienone is 3. The third-order valence-corrected chi connectivity index (χ3v) is 8.91. The van der Waals surface area contributed by atoms with Gasteiger partial charge in [-0.3, -0.25) is 23.5 Å². The summed E-state index contributed by atoms with van der Waals surface area (Å²) in [5.74, 6) is 0.203. The molecule has 250 valence electrons. The van der Waals surface area contributed by atoms with Gasteiger partial charge in [0, 0.05) is 23.9 Å². The summed E-state index contributed by atoms with van der Waals surface area (Å²) in [4.78, 5) is 41.0. The summed E-state index contributed by atoms with van der Waals surface area (Å²) in [7, 11) is 0. The molecule has 10 heteroatoms. The van der Waals surface area contributed by atoms with Crippen molar-refractivity contribution in [1.82, 2.24) is 18.9 Å². The zero-order valence-electron chi connectivity index (χ0n) is 28.3. The average Bonchev–Trinajstić information content (AvgIpc) is 3.64. The number of rotatable bonds is 11. The molecule has 3 aromatic rings. The number of anilines is 1. The maximum absolute atomic E-state index is 13.8. The van der Waals surface area contributed by atoms with Gasteiger partial charge in [0.05, 0.1) is 22.5 Å². The van der Waals surface area contributed by atoms with Crippen LogP contribution in [-0.4, -0.2) is 29.9 Å². The third kappa shape index (κ3) is 6.06. The van der Waals surface area contributed by atoms with Crippen LogP contribution >= 0.6 is 0 Å². The number of para-hydroxylation sites is 2. The Hall–Kier alpha value is -5.77. The van der Waals surface area contributed by atoms with Gasteiger partial charge in [0.15, 0.2) is 17.2 Å². The van der Waals surface area contributed by atoms with Crippen molar-refractivity contribution >= 4 is 23.7 Å². The number of benzene rings is 2. The summed E-state index contributed by atoms with van der Waals surface area (Å²) >= 11 is 0. The van der Waals surface area contributed by atoms with Crippen LogP contribution in [0.5, 0.6) is 5.88 Å². The Morgan fingerprint density at radius 3 is 2.02 bits per heavy atom. The Morgan fingerprint density at radius 1 is 0.735 bits per heavy atom. The van der Waals surface area contributed by atoms with E-state index in [1.807, 2.05) is 67.6 Å². The van der Waals surface area contributed by atoms with Crippen LogP contribution in [0, 0.1) is 13.8 Å². The fourth-order valence-corrected chi connectivity index (χ4v) is 6.21. The van der Waals surface area contributed by atoms with Crippen molar-refractivity contribution in [1.29, 1.82) is 0 Å². The molecule has 4 heterocycles. The molecule has 0 saturated heterocycles. The van der Waals surface area contributed by atoms with Crippen LogP contribution in [0.1, 0.15) is 66.6 Å². The van der Waals surface area contributed by atoms with Gasteiger partial charge in [0.25, 0.3) is 17.0 Å². The second-order valence-electron chi connectivity index (χ2n) is 12.1. The first-order chi connectivity index (χ1) is 23.8. The van der Waals surface area contributed by atoms with E-state index in [1.165, 1.54) is 9.69 Å². The van der Waals surface area contributed by atoms with Gasteiger partial charge < -0.3 is 5.11 Å². The molecule has 0 unspecified atom stereocenters. The predicted molar refractivity (Wildman–Crippen MR) is 193 cm³/mol. The highest BCUT2D eigenvalue weighted by Gasteiger charge is 2.30. The van der Waals surface area contributed by atoms with E-state index in [4.69, 9.17) is 0 Å². The fourth-order valence-electron chi connectivity index (χ4n) is 6.21. The lowest BCUT2D eigenvalue weighted by atomic mass is 10.0. The molecule has 0 fully saturated rings. The Labute approximate surface area is 284 Å². The van der Waals surface area contributed by atoms with Gasteiger partial charge in [-0.25, -0.2) is 0 Å². The number of fused-ring (bicyclic) bond motifs is 2. The Kier molecular flexibility index (Phi) is 9.57. The number of nitrogens with zero attached hydrogens (tertiary/aromatic N) is 6. The SMILES string of the molecule is CCCCn1c2nn(-c3ccccc3)c(=O)c-2c(C)c(C=CC=CC=c2c(C)c3c(n(CCCC)c2=O)=NN(c2ccccc2)C3=O)c1O. The van der Waals surface area contributed by atoms with E-state index in [9.17, 15) is 19.5 Å². The summed E-state index contributed by atoms with van der Waals surface area (Å²) in [6.07, 6.45) is 12.1. The maximum atomic E-state index is 13.8. The monoisotopic (exact) mass is 656 g/mol. The van der Waals surface area contributed by atoms with Crippen molar-refractivity contribution in [3.63, 3.8) is 0 Å². The number of pyridine rings is 2. The number of aromatic hydroxyl groups is 1. The van der Waals surface area contributed by atoms with Crippen molar-refractivity contribution < 1.29 is 9.90 Å². The Bertz CT molecular complexity index is 2300.